The molecule has 1 atom stereocenters. The Morgan fingerprint density at radius 1 is 1.21 bits per heavy atom. The molecule has 0 unspecified atom stereocenters. The summed E-state index contributed by atoms with van der Waals surface area (Å²) in [5.74, 6) is 0.616. The first-order valence-electron chi connectivity index (χ1n) is 5.44. The third kappa shape index (κ3) is 3.51. The molecule has 0 radical (unpaired) electrons. The van der Waals surface area contributed by atoms with E-state index in [-0.39, 0.29) is 0 Å². The first kappa shape index (κ1) is 11.3. The van der Waals surface area contributed by atoms with Gasteiger partial charge in [0, 0.05) is 6.04 Å². The molecule has 2 N–H and O–H groups in total. The van der Waals surface area contributed by atoms with E-state index in [0.29, 0.717) is 12.0 Å². The molecule has 1 aromatic carbocycles. The van der Waals surface area contributed by atoms with Crippen molar-refractivity contribution in [3.8, 4) is 0 Å². The summed E-state index contributed by atoms with van der Waals surface area (Å²) in [4.78, 5) is 0. The van der Waals surface area contributed by atoms with Crippen LogP contribution in [-0.2, 0) is 6.42 Å². The van der Waals surface area contributed by atoms with Gasteiger partial charge in [0.15, 0.2) is 0 Å². The molecule has 0 spiro atoms. The predicted molar refractivity (Wildman–Crippen MR) is 62.5 cm³/mol. The van der Waals surface area contributed by atoms with E-state index < -0.39 is 0 Å². The van der Waals surface area contributed by atoms with E-state index in [1.165, 1.54) is 11.1 Å². The van der Waals surface area contributed by atoms with Gasteiger partial charge in [0.1, 0.15) is 0 Å². The number of benzene rings is 1. The minimum absolute atomic E-state index is 0.303. The SMILES string of the molecule is CC(C)c1cccc(CC[C@@H](C)N)c1. The standard InChI is InChI=1S/C13H21N/c1-10(2)13-6-4-5-12(9-13)8-7-11(3)14/h4-6,9-11H,7-8,14H2,1-3H3/t11-/m1/s1. The zero-order valence-electron chi connectivity index (χ0n) is 9.46. The molecule has 0 saturated heterocycles. The molecule has 78 valence electrons. The quantitative estimate of drug-likeness (QED) is 0.777. The van der Waals surface area contributed by atoms with E-state index in [0.717, 1.165) is 12.8 Å². The van der Waals surface area contributed by atoms with Crippen LogP contribution >= 0.6 is 0 Å². The largest absolute Gasteiger partial charge is 0.328 e. The lowest BCUT2D eigenvalue weighted by Gasteiger charge is -2.09. The van der Waals surface area contributed by atoms with Gasteiger partial charge in [-0.2, -0.15) is 0 Å². The number of hydrogen-bond donors (Lipinski definition) is 1. The maximum Gasteiger partial charge on any atom is 0.00136 e. The number of rotatable bonds is 4. The van der Waals surface area contributed by atoms with Crippen molar-refractivity contribution in [3.05, 3.63) is 35.4 Å². The maximum atomic E-state index is 5.74. The van der Waals surface area contributed by atoms with Crippen LogP contribution < -0.4 is 5.73 Å². The lowest BCUT2D eigenvalue weighted by atomic mass is 9.98. The van der Waals surface area contributed by atoms with Gasteiger partial charge in [0.2, 0.25) is 0 Å². The highest BCUT2D eigenvalue weighted by molar-refractivity contribution is 5.25. The van der Waals surface area contributed by atoms with Gasteiger partial charge in [-0.15, -0.1) is 0 Å². The summed E-state index contributed by atoms with van der Waals surface area (Å²) in [5, 5.41) is 0. The molecule has 0 amide bonds. The van der Waals surface area contributed by atoms with E-state index in [9.17, 15) is 0 Å². The van der Waals surface area contributed by atoms with Crippen molar-refractivity contribution in [2.24, 2.45) is 5.73 Å². The molecule has 0 aromatic heterocycles. The van der Waals surface area contributed by atoms with Crippen LogP contribution in [0.25, 0.3) is 0 Å². The van der Waals surface area contributed by atoms with Crippen LogP contribution in [0.5, 0.6) is 0 Å². The highest BCUT2D eigenvalue weighted by Gasteiger charge is 2.01. The summed E-state index contributed by atoms with van der Waals surface area (Å²) in [6.45, 7) is 6.52. The van der Waals surface area contributed by atoms with Gasteiger partial charge in [0.05, 0.1) is 0 Å². The van der Waals surface area contributed by atoms with Gasteiger partial charge in [-0.05, 0) is 36.8 Å². The lowest BCUT2D eigenvalue weighted by Crippen LogP contribution is -2.15. The van der Waals surface area contributed by atoms with E-state index in [1.807, 2.05) is 0 Å². The molecule has 0 heterocycles. The second-order valence-corrected chi connectivity index (χ2v) is 4.42. The summed E-state index contributed by atoms with van der Waals surface area (Å²) >= 11 is 0. The molecule has 0 aliphatic heterocycles. The smallest absolute Gasteiger partial charge is 0.00136 e. The molecule has 0 aliphatic rings. The van der Waals surface area contributed by atoms with Gasteiger partial charge in [0.25, 0.3) is 0 Å². The van der Waals surface area contributed by atoms with Crippen LogP contribution in [0.3, 0.4) is 0 Å². The number of hydrogen-bond acceptors (Lipinski definition) is 1. The number of aryl methyl sites for hydroxylation is 1. The van der Waals surface area contributed by atoms with Crippen molar-refractivity contribution in [1.82, 2.24) is 0 Å². The van der Waals surface area contributed by atoms with Crippen molar-refractivity contribution >= 4 is 0 Å². The third-order valence-corrected chi connectivity index (χ3v) is 2.51. The molecule has 0 aliphatic carbocycles. The molecular formula is C13H21N. The Morgan fingerprint density at radius 2 is 1.93 bits per heavy atom. The second-order valence-electron chi connectivity index (χ2n) is 4.42. The zero-order valence-corrected chi connectivity index (χ0v) is 9.46. The maximum absolute atomic E-state index is 5.74. The van der Waals surface area contributed by atoms with Crippen LogP contribution in [0, 0.1) is 0 Å². The molecular weight excluding hydrogens is 170 g/mol. The van der Waals surface area contributed by atoms with Crippen LogP contribution in [0.1, 0.15) is 44.2 Å². The molecule has 0 bridgehead atoms. The summed E-state index contributed by atoms with van der Waals surface area (Å²) in [6.07, 6.45) is 2.17. The van der Waals surface area contributed by atoms with Crippen molar-refractivity contribution in [2.75, 3.05) is 0 Å². The summed E-state index contributed by atoms with van der Waals surface area (Å²) in [5.41, 5.74) is 8.57. The predicted octanol–water partition coefficient (Wildman–Crippen LogP) is 3.09. The Balaban J connectivity index is 2.64. The van der Waals surface area contributed by atoms with Crippen molar-refractivity contribution in [3.63, 3.8) is 0 Å². The fourth-order valence-electron chi connectivity index (χ4n) is 1.50. The van der Waals surface area contributed by atoms with Crippen LogP contribution in [0.15, 0.2) is 24.3 Å². The lowest BCUT2D eigenvalue weighted by molar-refractivity contribution is 0.665. The highest BCUT2D eigenvalue weighted by atomic mass is 14.6. The Labute approximate surface area is 87.3 Å². The number of nitrogens with two attached hydrogens (primary N) is 1. The van der Waals surface area contributed by atoms with Gasteiger partial charge in [-0.25, -0.2) is 0 Å². The second kappa shape index (κ2) is 5.16. The summed E-state index contributed by atoms with van der Waals surface area (Å²) in [7, 11) is 0. The molecule has 1 aromatic rings. The Kier molecular flexibility index (Phi) is 4.15. The first-order chi connectivity index (χ1) is 6.59. The monoisotopic (exact) mass is 191 g/mol. The van der Waals surface area contributed by atoms with Crippen LogP contribution in [0.4, 0.5) is 0 Å². The fourth-order valence-corrected chi connectivity index (χ4v) is 1.50. The molecule has 0 fully saturated rings. The minimum Gasteiger partial charge on any atom is -0.328 e. The Hall–Kier alpha value is -0.820. The third-order valence-electron chi connectivity index (χ3n) is 2.51. The van der Waals surface area contributed by atoms with Crippen molar-refractivity contribution in [2.45, 2.75) is 45.6 Å². The zero-order chi connectivity index (χ0) is 10.6. The normalized spacial score (nSPS) is 13.2. The van der Waals surface area contributed by atoms with Crippen LogP contribution in [-0.4, -0.2) is 6.04 Å². The highest BCUT2D eigenvalue weighted by Crippen LogP contribution is 2.16. The van der Waals surface area contributed by atoms with E-state index in [4.69, 9.17) is 5.73 Å². The van der Waals surface area contributed by atoms with Gasteiger partial charge < -0.3 is 5.73 Å². The summed E-state index contributed by atoms with van der Waals surface area (Å²) < 4.78 is 0. The van der Waals surface area contributed by atoms with Gasteiger partial charge >= 0.3 is 0 Å². The first-order valence-corrected chi connectivity index (χ1v) is 5.44. The molecule has 1 nitrogen and oxygen atoms in total. The minimum atomic E-state index is 0.303. The van der Waals surface area contributed by atoms with Gasteiger partial charge in [-0.3, -0.25) is 0 Å². The average Bonchev–Trinajstić information content (AvgIpc) is 2.15. The topological polar surface area (TPSA) is 26.0 Å². The van der Waals surface area contributed by atoms with Crippen molar-refractivity contribution < 1.29 is 0 Å². The Morgan fingerprint density at radius 3 is 2.50 bits per heavy atom. The molecule has 0 saturated carbocycles. The Bertz CT molecular complexity index is 276. The van der Waals surface area contributed by atoms with Crippen molar-refractivity contribution in [1.29, 1.82) is 0 Å². The molecule has 1 heteroatoms. The van der Waals surface area contributed by atoms with E-state index in [2.05, 4.69) is 45.0 Å². The van der Waals surface area contributed by atoms with E-state index >= 15 is 0 Å². The molecule has 1 rings (SSSR count). The van der Waals surface area contributed by atoms with E-state index in [1.54, 1.807) is 0 Å². The molecule has 14 heavy (non-hydrogen) atoms. The van der Waals surface area contributed by atoms with Crippen LogP contribution in [0.2, 0.25) is 0 Å². The fraction of sp³-hybridized carbons (Fsp3) is 0.538. The van der Waals surface area contributed by atoms with Gasteiger partial charge in [-0.1, -0.05) is 38.1 Å². The summed E-state index contributed by atoms with van der Waals surface area (Å²) in [6, 6.07) is 9.13. The average molecular weight is 191 g/mol.